The van der Waals surface area contributed by atoms with Gasteiger partial charge in [0.25, 0.3) is 0 Å². The van der Waals surface area contributed by atoms with Gasteiger partial charge in [-0.25, -0.2) is 28.3 Å². The van der Waals surface area contributed by atoms with Gasteiger partial charge >= 0.3 is 5.97 Å². The third-order valence-corrected chi connectivity index (χ3v) is 4.03. The Morgan fingerprint density at radius 2 is 1.58 bits per heavy atom. The molecule has 0 aliphatic carbocycles. The van der Waals surface area contributed by atoms with Crippen LogP contribution in [0.1, 0.15) is 10.4 Å². The first-order valence-corrected chi connectivity index (χ1v) is 8.81. The molecule has 0 fully saturated rings. The van der Waals surface area contributed by atoms with E-state index in [1.807, 2.05) is 30.3 Å². The molecule has 0 saturated heterocycles. The average Bonchev–Trinajstić information content (AvgIpc) is 2.62. The van der Waals surface area contributed by atoms with E-state index in [1.165, 1.54) is 30.6 Å². The highest BCUT2D eigenvalue weighted by Gasteiger charge is 2.06. The number of anilines is 1. The number of rotatable bonds is 3. The molecule has 0 atom stereocenters. The van der Waals surface area contributed by atoms with Crippen molar-refractivity contribution in [3.05, 3.63) is 72.6 Å². The monoisotopic (exact) mass is 372 g/mol. The maximum absolute atomic E-state index is 10.7. The molecule has 26 heavy (non-hydrogen) atoms. The summed E-state index contributed by atoms with van der Waals surface area (Å²) >= 11 is 0. The SMILES string of the molecule is Nc1cccc(S(N)(=O)=O)c1.O=C(O)c1cnc(-c2ccccc2)nc1. The van der Waals surface area contributed by atoms with E-state index in [9.17, 15) is 13.2 Å². The van der Waals surface area contributed by atoms with E-state index in [1.54, 1.807) is 6.07 Å². The van der Waals surface area contributed by atoms with Crippen LogP contribution in [0.5, 0.6) is 0 Å². The van der Waals surface area contributed by atoms with Crippen LogP contribution in [-0.4, -0.2) is 29.5 Å². The van der Waals surface area contributed by atoms with Gasteiger partial charge in [-0.15, -0.1) is 0 Å². The molecular formula is C17H16N4O4S. The van der Waals surface area contributed by atoms with Gasteiger partial charge in [0.15, 0.2) is 5.82 Å². The van der Waals surface area contributed by atoms with Crippen molar-refractivity contribution < 1.29 is 18.3 Å². The highest BCUT2D eigenvalue weighted by molar-refractivity contribution is 7.89. The fourth-order valence-electron chi connectivity index (χ4n) is 1.87. The van der Waals surface area contributed by atoms with Crippen LogP contribution < -0.4 is 10.9 Å². The van der Waals surface area contributed by atoms with Gasteiger partial charge in [-0.2, -0.15) is 0 Å². The number of sulfonamides is 1. The largest absolute Gasteiger partial charge is 0.478 e. The van der Waals surface area contributed by atoms with Crippen LogP contribution in [0.25, 0.3) is 11.4 Å². The molecule has 5 N–H and O–H groups in total. The van der Waals surface area contributed by atoms with Crippen molar-refractivity contribution in [2.24, 2.45) is 5.14 Å². The lowest BCUT2D eigenvalue weighted by molar-refractivity contribution is 0.0696. The summed E-state index contributed by atoms with van der Waals surface area (Å²) in [6.45, 7) is 0. The lowest BCUT2D eigenvalue weighted by Gasteiger charge is -1.99. The maximum Gasteiger partial charge on any atom is 0.338 e. The minimum absolute atomic E-state index is 0.0394. The van der Waals surface area contributed by atoms with Crippen molar-refractivity contribution in [3.8, 4) is 11.4 Å². The molecule has 1 aromatic heterocycles. The second-order valence-corrected chi connectivity index (χ2v) is 6.65. The molecule has 0 spiro atoms. The van der Waals surface area contributed by atoms with Gasteiger partial charge in [0.1, 0.15) is 0 Å². The Kier molecular flexibility index (Phi) is 5.99. The average molecular weight is 372 g/mol. The predicted octanol–water partition coefficient (Wildman–Crippen LogP) is 1.76. The summed E-state index contributed by atoms with van der Waals surface area (Å²) in [5.74, 6) is -0.491. The molecule has 0 amide bonds. The summed E-state index contributed by atoms with van der Waals surface area (Å²) < 4.78 is 21.4. The number of carbonyl (C=O) groups is 1. The highest BCUT2D eigenvalue weighted by atomic mass is 32.2. The number of aromatic carboxylic acids is 1. The Morgan fingerprint density at radius 1 is 0.962 bits per heavy atom. The van der Waals surface area contributed by atoms with Gasteiger partial charge in [-0.3, -0.25) is 0 Å². The second-order valence-electron chi connectivity index (χ2n) is 5.08. The van der Waals surface area contributed by atoms with Gasteiger partial charge in [0, 0.05) is 23.6 Å². The minimum atomic E-state index is -3.61. The maximum atomic E-state index is 10.7. The van der Waals surface area contributed by atoms with Crippen molar-refractivity contribution >= 4 is 21.7 Å². The van der Waals surface area contributed by atoms with Crippen molar-refractivity contribution in [1.29, 1.82) is 0 Å². The number of carboxylic acid groups (broad SMARTS) is 1. The highest BCUT2D eigenvalue weighted by Crippen LogP contribution is 2.13. The second kappa shape index (κ2) is 8.19. The van der Waals surface area contributed by atoms with Crippen LogP contribution >= 0.6 is 0 Å². The van der Waals surface area contributed by atoms with Crippen molar-refractivity contribution in [1.82, 2.24) is 9.97 Å². The van der Waals surface area contributed by atoms with Gasteiger partial charge in [0.05, 0.1) is 10.5 Å². The summed E-state index contributed by atoms with van der Waals surface area (Å²) in [6.07, 6.45) is 2.61. The molecule has 134 valence electrons. The van der Waals surface area contributed by atoms with Gasteiger partial charge in [-0.05, 0) is 18.2 Å². The molecule has 0 bridgehead atoms. The summed E-state index contributed by atoms with van der Waals surface area (Å²) in [6, 6.07) is 15.2. The molecule has 0 saturated carbocycles. The quantitative estimate of drug-likeness (QED) is 0.593. The minimum Gasteiger partial charge on any atom is -0.478 e. The Labute approximate surface area is 150 Å². The smallest absolute Gasteiger partial charge is 0.338 e. The number of carboxylic acids is 1. The first-order chi connectivity index (χ1) is 12.3. The molecule has 0 aliphatic heterocycles. The molecular weight excluding hydrogens is 356 g/mol. The Balaban J connectivity index is 0.000000197. The van der Waals surface area contributed by atoms with Crippen LogP contribution in [0.2, 0.25) is 0 Å². The fraction of sp³-hybridized carbons (Fsp3) is 0. The van der Waals surface area contributed by atoms with E-state index in [2.05, 4.69) is 9.97 Å². The first-order valence-electron chi connectivity index (χ1n) is 7.26. The molecule has 3 aromatic rings. The van der Waals surface area contributed by atoms with Crippen molar-refractivity contribution in [2.75, 3.05) is 5.73 Å². The first kappa shape index (κ1) is 19.0. The normalized spacial score (nSPS) is 10.5. The number of hydrogen-bond donors (Lipinski definition) is 3. The van der Waals surface area contributed by atoms with E-state index in [-0.39, 0.29) is 10.5 Å². The van der Waals surface area contributed by atoms with Crippen molar-refractivity contribution in [3.63, 3.8) is 0 Å². The predicted molar refractivity (Wildman–Crippen MR) is 96.7 cm³/mol. The van der Waals surface area contributed by atoms with Crippen LogP contribution in [-0.2, 0) is 10.0 Å². The van der Waals surface area contributed by atoms with Crippen molar-refractivity contribution in [2.45, 2.75) is 4.90 Å². The van der Waals surface area contributed by atoms with Gasteiger partial charge in [0.2, 0.25) is 10.0 Å². The molecule has 1 heterocycles. The molecule has 0 radical (unpaired) electrons. The van der Waals surface area contributed by atoms with E-state index in [0.29, 0.717) is 11.5 Å². The number of nitrogen functional groups attached to an aromatic ring is 1. The number of nitrogens with two attached hydrogens (primary N) is 2. The zero-order valence-corrected chi connectivity index (χ0v) is 14.3. The number of nitrogens with zero attached hydrogens (tertiary/aromatic N) is 2. The summed E-state index contributed by atoms with van der Waals surface area (Å²) in [5.41, 5.74) is 6.68. The molecule has 3 rings (SSSR count). The summed E-state index contributed by atoms with van der Waals surface area (Å²) in [5, 5.41) is 13.5. The fourth-order valence-corrected chi connectivity index (χ4v) is 2.43. The van der Waals surface area contributed by atoms with Gasteiger partial charge < -0.3 is 10.8 Å². The Hall–Kier alpha value is -3.30. The Bertz CT molecular complexity index is 991. The lowest BCUT2D eigenvalue weighted by atomic mass is 10.2. The number of aromatic nitrogens is 2. The van der Waals surface area contributed by atoms with E-state index in [4.69, 9.17) is 16.0 Å². The third kappa shape index (κ3) is 5.36. The summed E-state index contributed by atoms with van der Waals surface area (Å²) in [4.78, 5) is 18.6. The number of hydrogen-bond acceptors (Lipinski definition) is 6. The summed E-state index contributed by atoms with van der Waals surface area (Å²) in [7, 11) is -3.61. The number of benzene rings is 2. The zero-order valence-electron chi connectivity index (χ0n) is 13.5. The number of primary sulfonamides is 1. The Morgan fingerprint density at radius 3 is 2.04 bits per heavy atom. The lowest BCUT2D eigenvalue weighted by Crippen LogP contribution is -2.12. The standard InChI is InChI=1S/C11H8N2O2.C6H8N2O2S/c14-11(15)9-6-12-10(13-7-9)8-4-2-1-3-5-8;7-5-2-1-3-6(4-5)11(8,9)10/h1-7H,(H,14,15);1-4H,7H2,(H2,8,9,10). The van der Waals surface area contributed by atoms with Crippen LogP contribution in [0.15, 0.2) is 71.9 Å². The zero-order chi connectivity index (χ0) is 19.2. The molecule has 9 heteroatoms. The van der Waals surface area contributed by atoms with Crippen LogP contribution in [0.4, 0.5) is 5.69 Å². The van der Waals surface area contributed by atoms with Gasteiger partial charge in [-0.1, -0.05) is 36.4 Å². The molecule has 8 nitrogen and oxygen atoms in total. The van der Waals surface area contributed by atoms with Crippen LogP contribution in [0.3, 0.4) is 0 Å². The molecule has 2 aromatic carbocycles. The van der Waals surface area contributed by atoms with E-state index < -0.39 is 16.0 Å². The third-order valence-electron chi connectivity index (χ3n) is 3.12. The molecule has 0 aliphatic rings. The van der Waals surface area contributed by atoms with E-state index in [0.717, 1.165) is 5.56 Å². The topological polar surface area (TPSA) is 149 Å². The molecule has 0 unspecified atom stereocenters. The van der Waals surface area contributed by atoms with Crippen LogP contribution in [0, 0.1) is 0 Å². The van der Waals surface area contributed by atoms with E-state index >= 15 is 0 Å².